The third-order valence-electron chi connectivity index (χ3n) is 3.16. The number of unbranched alkanes of at least 4 members (excludes halogenated alkanes) is 1. The lowest BCUT2D eigenvalue weighted by molar-refractivity contribution is 0.380. The van der Waals surface area contributed by atoms with Crippen molar-refractivity contribution in [3.05, 3.63) is 0 Å². The zero-order valence-corrected chi connectivity index (χ0v) is 12.5. The normalized spacial score (nSPS) is 22.1. The summed E-state index contributed by atoms with van der Waals surface area (Å²) < 4.78 is 0. The van der Waals surface area contributed by atoms with Crippen molar-refractivity contribution in [2.75, 3.05) is 32.4 Å². The highest BCUT2D eigenvalue weighted by molar-refractivity contribution is 8.00. The quantitative estimate of drug-likeness (QED) is 0.476. The summed E-state index contributed by atoms with van der Waals surface area (Å²) >= 11 is 2.11. The van der Waals surface area contributed by atoms with E-state index < -0.39 is 0 Å². The minimum atomic E-state index is 0.744. The third-order valence-corrected chi connectivity index (χ3v) is 4.70. The van der Waals surface area contributed by atoms with Gasteiger partial charge in [-0.15, -0.1) is 0 Å². The molecular weight excluding hydrogens is 230 g/mol. The van der Waals surface area contributed by atoms with E-state index in [2.05, 4.69) is 47.7 Å². The van der Waals surface area contributed by atoms with E-state index in [0.717, 1.165) is 36.8 Å². The van der Waals surface area contributed by atoms with Crippen LogP contribution in [-0.2, 0) is 0 Å². The van der Waals surface area contributed by atoms with Crippen molar-refractivity contribution in [1.82, 2.24) is 10.2 Å². The summed E-state index contributed by atoms with van der Waals surface area (Å²) in [5.41, 5.74) is 0. The summed E-state index contributed by atoms with van der Waals surface area (Å²) in [5.74, 6) is 3.05. The molecular formula is C13H27N3S. The lowest BCUT2D eigenvalue weighted by Crippen LogP contribution is -2.49. The van der Waals surface area contributed by atoms with E-state index in [0.29, 0.717) is 0 Å². The predicted octanol–water partition coefficient (Wildman–Crippen LogP) is 2.44. The molecule has 0 aromatic carbocycles. The van der Waals surface area contributed by atoms with Gasteiger partial charge in [0.15, 0.2) is 5.96 Å². The molecule has 0 spiro atoms. The van der Waals surface area contributed by atoms with Crippen LogP contribution in [0.4, 0.5) is 0 Å². The number of thioether (sulfide) groups is 1. The molecule has 1 saturated heterocycles. The molecule has 0 bridgehead atoms. The van der Waals surface area contributed by atoms with E-state index in [1.165, 1.54) is 18.6 Å². The van der Waals surface area contributed by atoms with Crippen molar-refractivity contribution in [2.24, 2.45) is 10.9 Å². The van der Waals surface area contributed by atoms with Gasteiger partial charge in [-0.1, -0.05) is 27.2 Å². The average Bonchev–Trinajstić information content (AvgIpc) is 2.35. The maximum absolute atomic E-state index is 4.40. The van der Waals surface area contributed by atoms with E-state index in [-0.39, 0.29) is 0 Å². The van der Waals surface area contributed by atoms with Crippen molar-refractivity contribution in [3.63, 3.8) is 0 Å². The van der Waals surface area contributed by atoms with E-state index in [4.69, 9.17) is 0 Å². The smallest absolute Gasteiger partial charge is 0.193 e. The van der Waals surface area contributed by atoms with Crippen LogP contribution >= 0.6 is 11.8 Å². The van der Waals surface area contributed by atoms with Crippen LogP contribution in [0.25, 0.3) is 0 Å². The van der Waals surface area contributed by atoms with Crippen LogP contribution in [0.2, 0.25) is 0 Å². The largest absolute Gasteiger partial charge is 0.356 e. The van der Waals surface area contributed by atoms with Crippen LogP contribution in [0.5, 0.6) is 0 Å². The van der Waals surface area contributed by atoms with Gasteiger partial charge in [0.2, 0.25) is 0 Å². The molecule has 0 radical (unpaired) electrons. The maximum atomic E-state index is 4.40. The van der Waals surface area contributed by atoms with Crippen LogP contribution < -0.4 is 5.32 Å². The molecule has 100 valence electrons. The van der Waals surface area contributed by atoms with Gasteiger partial charge in [-0.2, -0.15) is 11.8 Å². The third kappa shape index (κ3) is 4.78. The molecule has 1 aliphatic heterocycles. The van der Waals surface area contributed by atoms with Gasteiger partial charge in [-0.3, -0.25) is 4.99 Å². The molecule has 1 atom stereocenters. The fourth-order valence-corrected chi connectivity index (χ4v) is 3.28. The van der Waals surface area contributed by atoms with Crippen molar-refractivity contribution in [2.45, 2.75) is 38.9 Å². The highest BCUT2D eigenvalue weighted by atomic mass is 32.2. The zero-order chi connectivity index (χ0) is 12.7. The summed E-state index contributed by atoms with van der Waals surface area (Å²) in [4.78, 5) is 6.81. The molecule has 1 aliphatic rings. The van der Waals surface area contributed by atoms with Gasteiger partial charge in [-0.25, -0.2) is 0 Å². The maximum Gasteiger partial charge on any atom is 0.193 e. The number of aliphatic imine (C=N–C) groups is 1. The molecule has 0 saturated carbocycles. The molecule has 1 N–H and O–H groups in total. The fourth-order valence-electron chi connectivity index (χ4n) is 1.98. The number of hydrogen-bond acceptors (Lipinski definition) is 2. The van der Waals surface area contributed by atoms with Gasteiger partial charge in [0.1, 0.15) is 0 Å². The van der Waals surface area contributed by atoms with Crippen LogP contribution in [-0.4, -0.2) is 48.5 Å². The standard InChI is InChI=1S/C13H27N3S/c1-5-6-7-15-13(14-4)16-8-9-17-12(10-16)11(2)3/h11-12H,5-10H2,1-4H3,(H,14,15). The van der Waals surface area contributed by atoms with Gasteiger partial charge in [-0.05, 0) is 12.3 Å². The molecule has 0 aliphatic carbocycles. The van der Waals surface area contributed by atoms with E-state index in [1.807, 2.05) is 7.05 Å². The Morgan fingerprint density at radius 2 is 2.29 bits per heavy atom. The molecule has 0 aromatic heterocycles. The predicted molar refractivity (Wildman–Crippen MR) is 78.9 cm³/mol. The van der Waals surface area contributed by atoms with Gasteiger partial charge in [0.25, 0.3) is 0 Å². The Kier molecular flexibility index (Phi) is 6.78. The Balaban J connectivity index is 2.45. The van der Waals surface area contributed by atoms with E-state index >= 15 is 0 Å². The average molecular weight is 257 g/mol. The Morgan fingerprint density at radius 1 is 1.53 bits per heavy atom. The fraction of sp³-hybridized carbons (Fsp3) is 0.923. The second-order valence-corrected chi connectivity index (χ2v) is 6.27. The SMILES string of the molecule is CCCCNC(=NC)N1CCSC(C(C)C)C1. The molecule has 0 aromatic rings. The molecule has 1 fully saturated rings. The highest BCUT2D eigenvalue weighted by Gasteiger charge is 2.24. The summed E-state index contributed by atoms with van der Waals surface area (Å²) in [6, 6.07) is 0. The van der Waals surface area contributed by atoms with E-state index in [9.17, 15) is 0 Å². The molecule has 1 rings (SSSR count). The van der Waals surface area contributed by atoms with Crippen LogP contribution in [0.15, 0.2) is 4.99 Å². The molecule has 4 heteroatoms. The molecule has 17 heavy (non-hydrogen) atoms. The summed E-state index contributed by atoms with van der Waals surface area (Å²) in [6.45, 7) is 10.1. The Morgan fingerprint density at radius 3 is 2.88 bits per heavy atom. The summed E-state index contributed by atoms with van der Waals surface area (Å²) in [7, 11) is 1.89. The number of rotatable bonds is 4. The first kappa shape index (κ1) is 14.7. The Hall–Kier alpha value is -0.380. The first-order chi connectivity index (χ1) is 8.19. The monoisotopic (exact) mass is 257 g/mol. The van der Waals surface area contributed by atoms with Crippen molar-refractivity contribution >= 4 is 17.7 Å². The number of nitrogens with one attached hydrogen (secondary N) is 1. The topological polar surface area (TPSA) is 27.6 Å². The van der Waals surface area contributed by atoms with Gasteiger partial charge in [0, 0.05) is 37.7 Å². The number of hydrogen-bond donors (Lipinski definition) is 1. The second kappa shape index (κ2) is 7.85. The zero-order valence-electron chi connectivity index (χ0n) is 11.7. The Bertz CT molecular complexity index is 241. The molecule has 3 nitrogen and oxygen atoms in total. The number of guanidine groups is 1. The molecule has 0 amide bonds. The minimum Gasteiger partial charge on any atom is -0.356 e. The van der Waals surface area contributed by atoms with Crippen LogP contribution in [0.3, 0.4) is 0 Å². The van der Waals surface area contributed by atoms with Crippen LogP contribution in [0, 0.1) is 5.92 Å². The Labute approximate surface area is 110 Å². The second-order valence-electron chi connectivity index (χ2n) is 4.93. The summed E-state index contributed by atoms with van der Waals surface area (Å²) in [5, 5.41) is 4.21. The highest BCUT2D eigenvalue weighted by Crippen LogP contribution is 2.24. The van der Waals surface area contributed by atoms with Gasteiger partial charge in [0.05, 0.1) is 0 Å². The first-order valence-corrected chi connectivity index (χ1v) is 7.81. The minimum absolute atomic E-state index is 0.744. The molecule has 1 unspecified atom stereocenters. The number of nitrogens with zero attached hydrogens (tertiary/aromatic N) is 2. The van der Waals surface area contributed by atoms with Crippen molar-refractivity contribution in [1.29, 1.82) is 0 Å². The van der Waals surface area contributed by atoms with Crippen LogP contribution in [0.1, 0.15) is 33.6 Å². The lowest BCUT2D eigenvalue weighted by Gasteiger charge is -2.36. The first-order valence-electron chi connectivity index (χ1n) is 6.76. The van der Waals surface area contributed by atoms with Crippen molar-refractivity contribution < 1.29 is 0 Å². The molecule has 1 heterocycles. The van der Waals surface area contributed by atoms with Gasteiger partial charge >= 0.3 is 0 Å². The summed E-state index contributed by atoms with van der Waals surface area (Å²) in [6.07, 6.45) is 2.45. The van der Waals surface area contributed by atoms with Gasteiger partial charge < -0.3 is 10.2 Å². The van der Waals surface area contributed by atoms with Crippen molar-refractivity contribution in [3.8, 4) is 0 Å². The van der Waals surface area contributed by atoms with E-state index in [1.54, 1.807) is 0 Å². The lowest BCUT2D eigenvalue weighted by atomic mass is 10.1.